The van der Waals surface area contributed by atoms with Gasteiger partial charge < -0.3 is 9.73 Å². The number of hydrogen-bond acceptors (Lipinski definition) is 2. The first-order chi connectivity index (χ1) is 3.93. The molecule has 0 radical (unpaired) electrons. The summed E-state index contributed by atoms with van der Waals surface area (Å²) in [6, 6.07) is 0. The quantitative estimate of drug-likeness (QED) is 0.483. The van der Waals surface area contributed by atoms with Crippen molar-refractivity contribution in [2.24, 2.45) is 10.9 Å². The third kappa shape index (κ3) is 1.30. The van der Waals surface area contributed by atoms with Gasteiger partial charge in [-0.15, -0.1) is 0 Å². The van der Waals surface area contributed by atoms with E-state index < -0.39 is 0 Å². The molecule has 1 unspecified atom stereocenters. The average molecular weight is 113 g/mol. The summed E-state index contributed by atoms with van der Waals surface area (Å²) in [5, 5.41) is 0. The maximum atomic E-state index is 5.12. The van der Waals surface area contributed by atoms with Crippen LogP contribution >= 0.6 is 0 Å². The number of rotatable bonds is 2. The van der Waals surface area contributed by atoms with Crippen molar-refractivity contribution < 1.29 is 4.74 Å². The molecule has 1 aliphatic heterocycles. The summed E-state index contributed by atoms with van der Waals surface area (Å²) in [4.78, 5) is 3.79. The van der Waals surface area contributed by atoms with E-state index in [2.05, 4.69) is 11.7 Å². The van der Waals surface area contributed by atoms with Crippen LogP contribution in [-0.4, -0.2) is 26.5 Å². The van der Waals surface area contributed by atoms with E-state index in [4.69, 9.17) is 4.74 Å². The molecule has 1 aliphatic rings. The fourth-order valence-electron chi connectivity index (χ4n) is 0.910. The topological polar surface area (TPSA) is 21.6 Å². The van der Waals surface area contributed by atoms with Crippen LogP contribution in [0.3, 0.4) is 0 Å². The summed E-state index contributed by atoms with van der Waals surface area (Å²) in [5.41, 5.74) is 0. The molecule has 1 saturated heterocycles. The van der Waals surface area contributed by atoms with Gasteiger partial charge in [0.1, 0.15) is 0 Å². The van der Waals surface area contributed by atoms with Gasteiger partial charge in [0.05, 0.1) is 6.61 Å². The molecule has 1 atom stereocenters. The van der Waals surface area contributed by atoms with Gasteiger partial charge in [0.25, 0.3) is 0 Å². The molecule has 0 N–H and O–H groups in total. The molecule has 2 heteroatoms. The zero-order valence-electron chi connectivity index (χ0n) is 4.97. The van der Waals surface area contributed by atoms with Crippen LogP contribution in [0, 0.1) is 5.92 Å². The SMILES string of the molecule is C=NCC1CCOC1. The van der Waals surface area contributed by atoms with Crippen LogP contribution in [-0.2, 0) is 4.74 Å². The van der Waals surface area contributed by atoms with Crippen LogP contribution in [0.15, 0.2) is 4.99 Å². The Balaban J connectivity index is 2.14. The number of nitrogens with zero attached hydrogens (tertiary/aromatic N) is 1. The van der Waals surface area contributed by atoms with Crippen molar-refractivity contribution in [2.45, 2.75) is 6.42 Å². The fourth-order valence-corrected chi connectivity index (χ4v) is 0.910. The molecular weight excluding hydrogens is 102 g/mol. The molecule has 1 heterocycles. The first-order valence-electron chi connectivity index (χ1n) is 2.93. The van der Waals surface area contributed by atoms with Crippen LogP contribution in [0.25, 0.3) is 0 Å². The number of aliphatic imine (C=N–C) groups is 1. The minimum absolute atomic E-state index is 0.660. The fraction of sp³-hybridized carbons (Fsp3) is 0.833. The molecule has 0 aliphatic carbocycles. The molecular formula is C6H11NO. The molecule has 46 valence electrons. The normalized spacial score (nSPS) is 28.2. The summed E-state index contributed by atoms with van der Waals surface area (Å²) >= 11 is 0. The van der Waals surface area contributed by atoms with Crippen molar-refractivity contribution in [3.8, 4) is 0 Å². The Bertz CT molecular complexity index is 76.6. The second-order valence-corrected chi connectivity index (χ2v) is 2.14. The molecule has 0 aromatic heterocycles. The molecule has 0 saturated carbocycles. The van der Waals surface area contributed by atoms with Crippen molar-refractivity contribution in [3.05, 3.63) is 0 Å². The van der Waals surface area contributed by atoms with Crippen molar-refractivity contribution in [3.63, 3.8) is 0 Å². The minimum Gasteiger partial charge on any atom is -0.381 e. The molecule has 0 aromatic rings. The van der Waals surface area contributed by atoms with E-state index in [1.165, 1.54) is 6.42 Å². The summed E-state index contributed by atoms with van der Waals surface area (Å²) in [7, 11) is 0. The van der Waals surface area contributed by atoms with Crippen molar-refractivity contribution in [1.29, 1.82) is 0 Å². The van der Waals surface area contributed by atoms with Crippen molar-refractivity contribution in [1.82, 2.24) is 0 Å². The van der Waals surface area contributed by atoms with E-state index >= 15 is 0 Å². The highest BCUT2D eigenvalue weighted by molar-refractivity contribution is 5.23. The van der Waals surface area contributed by atoms with Crippen molar-refractivity contribution in [2.75, 3.05) is 19.8 Å². The third-order valence-electron chi connectivity index (χ3n) is 1.41. The van der Waals surface area contributed by atoms with Gasteiger partial charge in [0.2, 0.25) is 0 Å². The van der Waals surface area contributed by atoms with E-state index in [0.29, 0.717) is 5.92 Å². The van der Waals surface area contributed by atoms with E-state index in [9.17, 15) is 0 Å². The molecule has 0 bridgehead atoms. The summed E-state index contributed by atoms with van der Waals surface area (Å²) < 4.78 is 5.12. The lowest BCUT2D eigenvalue weighted by molar-refractivity contribution is 0.187. The Labute approximate surface area is 49.6 Å². The highest BCUT2D eigenvalue weighted by atomic mass is 16.5. The average Bonchev–Trinajstić information content (AvgIpc) is 2.19. The minimum atomic E-state index is 0.660. The predicted molar refractivity (Wildman–Crippen MR) is 33.3 cm³/mol. The Hall–Kier alpha value is -0.370. The lowest BCUT2D eigenvalue weighted by atomic mass is 10.1. The first kappa shape index (κ1) is 5.76. The van der Waals surface area contributed by atoms with Crippen LogP contribution in [0.1, 0.15) is 6.42 Å². The number of ether oxygens (including phenoxy) is 1. The molecule has 0 aromatic carbocycles. The predicted octanol–water partition coefficient (Wildman–Crippen LogP) is 0.724. The third-order valence-corrected chi connectivity index (χ3v) is 1.41. The maximum absolute atomic E-state index is 5.12. The monoisotopic (exact) mass is 113 g/mol. The Morgan fingerprint density at radius 2 is 2.62 bits per heavy atom. The Morgan fingerprint density at radius 3 is 3.12 bits per heavy atom. The standard InChI is InChI=1S/C6H11NO/c1-7-4-6-2-3-8-5-6/h6H,1-5H2. The molecule has 2 nitrogen and oxygen atoms in total. The van der Waals surface area contributed by atoms with Crippen LogP contribution in [0.5, 0.6) is 0 Å². The maximum Gasteiger partial charge on any atom is 0.0512 e. The summed E-state index contributed by atoms with van der Waals surface area (Å²) in [6.45, 7) is 6.10. The highest BCUT2D eigenvalue weighted by Gasteiger charge is 2.13. The van der Waals surface area contributed by atoms with Crippen LogP contribution in [0.4, 0.5) is 0 Å². The smallest absolute Gasteiger partial charge is 0.0512 e. The van der Waals surface area contributed by atoms with Gasteiger partial charge >= 0.3 is 0 Å². The van der Waals surface area contributed by atoms with E-state index in [0.717, 1.165) is 19.8 Å². The number of hydrogen-bond donors (Lipinski definition) is 0. The lowest BCUT2D eigenvalue weighted by Gasteiger charge is -1.98. The molecule has 8 heavy (non-hydrogen) atoms. The summed E-state index contributed by atoms with van der Waals surface area (Å²) in [5.74, 6) is 0.660. The Morgan fingerprint density at radius 1 is 1.75 bits per heavy atom. The lowest BCUT2D eigenvalue weighted by Crippen LogP contribution is -2.01. The Kier molecular flexibility index (Phi) is 2.03. The zero-order valence-corrected chi connectivity index (χ0v) is 4.97. The zero-order chi connectivity index (χ0) is 5.82. The van der Waals surface area contributed by atoms with Gasteiger partial charge in [-0.05, 0) is 13.1 Å². The largest absolute Gasteiger partial charge is 0.381 e. The van der Waals surface area contributed by atoms with Gasteiger partial charge in [-0.2, -0.15) is 0 Å². The van der Waals surface area contributed by atoms with E-state index in [-0.39, 0.29) is 0 Å². The van der Waals surface area contributed by atoms with Crippen LogP contribution in [0.2, 0.25) is 0 Å². The molecule has 1 rings (SSSR count). The van der Waals surface area contributed by atoms with E-state index in [1.54, 1.807) is 0 Å². The highest BCUT2D eigenvalue weighted by Crippen LogP contribution is 2.11. The van der Waals surface area contributed by atoms with Crippen molar-refractivity contribution >= 4 is 6.72 Å². The molecule has 0 spiro atoms. The van der Waals surface area contributed by atoms with Crippen LogP contribution < -0.4 is 0 Å². The van der Waals surface area contributed by atoms with E-state index in [1.807, 2.05) is 0 Å². The molecule has 1 fully saturated rings. The second-order valence-electron chi connectivity index (χ2n) is 2.14. The van der Waals surface area contributed by atoms with Gasteiger partial charge in [-0.1, -0.05) is 0 Å². The first-order valence-corrected chi connectivity index (χ1v) is 2.93. The summed E-state index contributed by atoms with van der Waals surface area (Å²) in [6.07, 6.45) is 1.17. The van der Waals surface area contributed by atoms with Gasteiger partial charge in [-0.3, -0.25) is 0 Å². The van der Waals surface area contributed by atoms with Gasteiger partial charge in [0, 0.05) is 19.1 Å². The van der Waals surface area contributed by atoms with Gasteiger partial charge in [-0.25, -0.2) is 0 Å². The second kappa shape index (κ2) is 2.82. The van der Waals surface area contributed by atoms with Gasteiger partial charge in [0.15, 0.2) is 0 Å². The molecule has 0 amide bonds.